The lowest BCUT2D eigenvalue weighted by Crippen LogP contribution is -2.31. The summed E-state index contributed by atoms with van der Waals surface area (Å²) in [7, 11) is 0. The van der Waals surface area contributed by atoms with Gasteiger partial charge in [0.25, 0.3) is 0 Å². The number of rotatable bonds is 4. The maximum Gasteiger partial charge on any atom is 0.387 e. The van der Waals surface area contributed by atoms with Gasteiger partial charge in [0.05, 0.1) is 6.42 Å². The molecule has 0 spiro atoms. The van der Waals surface area contributed by atoms with Crippen LogP contribution in [0, 0.1) is 0 Å². The average molecular weight is 253 g/mol. The number of halogens is 3. The number of hydrazine groups is 1. The Balaban J connectivity index is 0.00000225. The zero-order valence-electron chi connectivity index (χ0n) is 8.15. The van der Waals surface area contributed by atoms with Crippen LogP contribution in [0.2, 0.25) is 0 Å². The van der Waals surface area contributed by atoms with Crippen molar-refractivity contribution in [2.24, 2.45) is 5.84 Å². The molecule has 0 atom stereocenters. The van der Waals surface area contributed by atoms with Crippen molar-refractivity contribution in [1.29, 1.82) is 0 Å². The first-order valence-corrected chi connectivity index (χ1v) is 4.15. The van der Waals surface area contributed by atoms with E-state index in [0.717, 1.165) is 0 Å². The van der Waals surface area contributed by atoms with Gasteiger partial charge in [0.15, 0.2) is 0 Å². The highest BCUT2D eigenvalue weighted by Crippen LogP contribution is 2.14. The van der Waals surface area contributed by atoms with E-state index in [2.05, 4.69) is 4.74 Å². The van der Waals surface area contributed by atoms with E-state index in [4.69, 9.17) is 5.84 Å². The van der Waals surface area contributed by atoms with Crippen molar-refractivity contribution in [2.75, 3.05) is 0 Å². The molecule has 0 aliphatic heterocycles. The standard InChI is InChI=1S/C9H10F2N2O2.ClH/c10-9(11)15-7-3-1-6(2-4-7)5-8(14)13-12;/h1-4,9H,5,12H2,(H,13,14);1H. The molecule has 1 aromatic rings. The third-order valence-corrected chi connectivity index (χ3v) is 1.67. The van der Waals surface area contributed by atoms with Gasteiger partial charge in [-0.3, -0.25) is 10.2 Å². The van der Waals surface area contributed by atoms with Gasteiger partial charge in [-0.2, -0.15) is 8.78 Å². The van der Waals surface area contributed by atoms with Crippen LogP contribution in [-0.4, -0.2) is 12.5 Å². The van der Waals surface area contributed by atoms with Gasteiger partial charge in [-0.15, -0.1) is 12.4 Å². The molecule has 0 aliphatic carbocycles. The van der Waals surface area contributed by atoms with Crippen LogP contribution in [-0.2, 0) is 11.2 Å². The highest BCUT2D eigenvalue weighted by molar-refractivity contribution is 5.85. The second-order valence-electron chi connectivity index (χ2n) is 2.77. The summed E-state index contributed by atoms with van der Waals surface area (Å²) in [6.45, 7) is -2.84. The van der Waals surface area contributed by atoms with Crippen LogP contribution in [0.3, 0.4) is 0 Å². The number of carbonyl (C=O) groups excluding carboxylic acids is 1. The Labute approximate surface area is 97.1 Å². The van der Waals surface area contributed by atoms with E-state index < -0.39 is 6.61 Å². The summed E-state index contributed by atoms with van der Waals surface area (Å²) in [4.78, 5) is 10.9. The molecule has 0 fully saturated rings. The molecular formula is C9H11ClF2N2O2. The van der Waals surface area contributed by atoms with Crippen molar-refractivity contribution >= 4 is 18.3 Å². The molecule has 3 N–H and O–H groups in total. The van der Waals surface area contributed by atoms with Gasteiger partial charge in [-0.05, 0) is 17.7 Å². The molecule has 4 nitrogen and oxygen atoms in total. The predicted molar refractivity (Wildman–Crippen MR) is 56.4 cm³/mol. The van der Waals surface area contributed by atoms with Gasteiger partial charge < -0.3 is 4.74 Å². The first-order valence-electron chi connectivity index (χ1n) is 4.15. The van der Waals surface area contributed by atoms with Crippen LogP contribution in [0.5, 0.6) is 5.75 Å². The Morgan fingerprint density at radius 3 is 2.38 bits per heavy atom. The molecule has 0 heterocycles. The van der Waals surface area contributed by atoms with E-state index in [1.54, 1.807) is 0 Å². The lowest BCUT2D eigenvalue weighted by Gasteiger charge is -2.05. The van der Waals surface area contributed by atoms with Gasteiger partial charge in [-0.25, -0.2) is 5.84 Å². The van der Waals surface area contributed by atoms with E-state index >= 15 is 0 Å². The Hall–Kier alpha value is -1.40. The van der Waals surface area contributed by atoms with Crippen LogP contribution >= 0.6 is 12.4 Å². The molecule has 0 saturated heterocycles. The molecule has 1 aromatic carbocycles. The Kier molecular flexibility index (Phi) is 6.36. The topological polar surface area (TPSA) is 64.3 Å². The Morgan fingerprint density at radius 1 is 1.38 bits per heavy atom. The molecule has 0 aliphatic rings. The van der Waals surface area contributed by atoms with E-state index in [9.17, 15) is 13.6 Å². The second-order valence-corrected chi connectivity index (χ2v) is 2.77. The minimum atomic E-state index is -2.84. The number of amides is 1. The summed E-state index contributed by atoms with van der Waals surface area (Å²) in [5.74, 6) is 4.60. The van der Waals surface area contributed by atoms with Crippen molar-refractivity contribution in [2.45, 2.75) is 13.0 Å². The van der Waals surface area contributed by atoms with Crippen molar-refractivity contribution < 1.29 is 18.3 Å². The summed E-state index contributed by atoms with van der Waals surface area (Å²) in [5.41, 5.74) is 2.64. The number of hydrogen-bond donors (Lipinski definition) is 2. The molecule has 0 aromatic heterocycles. The summed E-state index contributed by atoms with van der Waals surface area (Å²) < 4.78 is 27.7. The molecule has 7 heteroatoms. The van der Waals surface area contributed by atoms with Crippen molar-refractivity contribution in [3.05, 3.63) is 29.8 Å². The highest BCUT2D eigenvalue weighted by atomic mass is 35.5. The van der Waals surface area contributed by atoms with Gasteiger partial charge in [0.2, 0.25) is 5.91 Å². The summed E-state index contributed by atoms with van der Waals surface area (Å²) in [6, 6.07) is 5.77. The SMILES string of the molecule is Cl.NNC(=O)Cc1ccc(OC(F)F)cc1. The molecule has 16 heavy (non-hydrogen) atoms. The fraction of sp³-hybridized carbons (Fsp3) is 0.222. The summed E-state index contributed by atoms with van der Waals surface area (Å²) in [5, 5.41) is 0. The van der Waals surface area contributed by atoms with Gasteiger partial charge in [0.1, 0.15) is 5.75 Å². The monoisotopic (exact) mass is 252 g/mol. The molecule has 1 amide bonds. The summed E-state index contributed by atoms with van der Waals surface area (Å²) >= 11 is 0. The molecule has 0 radical (unpaired) electrons. The molecule has 1 rings (SSSR count). The third-order valence-electron chi connectivity index (χ3n) is 1.67. The minimum absolute atomic E-state index is 0. The molecule has 0 unspecified atom stereocenters. The van der Waals surface area contributed by atoms with E-state index in [-0.39, 0.29) is 30.5 Å². The molecular weight excluding hydrogens is 242 g/mol. The van der Waals surface area contributed by atoms with Crippen LogP contribution in [0.25, 0.3) is 0 Å². The molecule has 0 bridgehead atoms. The maximum atomic E-state index is 11.8. The number of nitrogens with two attached hydrogens (primary N) is 1. The number of carbonyl (C=O) groups is 1. The average Bonchev–Trinajstić information content (AvgIpc) is 2.20. The van der Waals surface area contributed by atoms with Crippen molar-refractivity contribution in [1.82, 2.24) is 5.43 Å². The van der Waals surface area contributed by atoms with Crippen LogP contribution in [0.4, 0.5) is 8.78 Å². The lowest BCUT2D eigenvalue weighted by atomic mass is 10.1. The quantitative estimate of drug-likeness (QED) is 0.481. The zero-order chi connectivity index (χ0) is 11.3. The van der Waals surface area contributed by atoms with Gasteiger partial charge >= 0.3 is 6.61 Å². The molecule has 0 saturated carbocycles. The second kappa shape index (κ2) is 6.97. The fourth-order valence-electron chi connectivity index (χ4n) is 1.03. The van der Waals surface area contributed by atoms with Gasteiger partial charge in [0, 0.05) is 0 Å². The van der Waals surface area contributed by atoms with E-state index in [1.807, 2.05) is 5.43 Å². The van der Waals surface area contributed by atoms with Gasteiger partial charge in [-0.1, -0.05) is 12.1 Å². The normalized spacial score (nSPS) is 9.50. The number of ether oxygens (including phenoxy) is 1. The molecule has 90 valence electrons. The highest BCUT2D eigenvalue weighted by Gasteiger charge is 2.05. The zero-order valence-corrected chi connectivity index (χ0v) is 8.97. The number of alkyl halides is 2. The number of hydrogen-bond acceptors (Lipinski definition) is 3. The van der Waals surface area contributed by atoms with E-state index in [1.165, 1.54) is 24.3 Å². The van der Waals surface area contributed by atoms with Crippen LogP contribution in [0.1, 0.15) is 5.56 Å². The maximum absolute atomic E-state index is 11.8. The lowest BCUT2D eigenvalue weighted by molar-refractivity contribution is -0.120. The largest absolute Gasteiger partial charge is 0.435 e. The Bertz CT molecular complexity index is 333. The first kappa shape index (κ1) is 14.6. The summed E-state index contributed by atoms with van der Waals surface area (Å²) in [6.07, 6.45) is 0.103. The number of benzene rings is 1. The van der Waals surface area contributed by atoms with Crippen LogP contribution in [0.15, 0.2) is 24.3 Å². The third kappa shape index (κ3) is 4.90. The van der Waals surface area contributed by atoms with Crippen LogP contribution < -0.4 is 16.0 Å². The van der Waals surface area contributed by atoms with E-state index in [0.29, 0.717) is 5.56 Å². The first-order chi connectivity index (χ1) is 7.11. The number of nitrogens with one attached hydrogen (secondary N) is 1. The predicted octanol–water partition coefficient (Wildman–Crippen LogP) is 1.24. The minimum Gasteiger partial charge on any atom is -0.435 e. The Morgan fingerprint density at radius 2 is 1.94 bits per heavy atom. The smallest absolute Gasteiger partial charge is 0.387 e. The van der Waals surface area contributed by atoms with Crippen molar-refractivity contribution in [3.63, 3.8) is 0 Å². The fourth-order valence-corrected chi connectivity index (χ4v) is 1.03. The van der Waals surface area contributed by atoms with Crippen molar-refractivity contribution in [3.8, 4) is 5.75 Å².